The van der Waals surface area contributed by atoms with Crippen molar-refractivity contribution >= 4 is 28.1 Å². The number of nitrogens with two attached hydrogens (primary N) is 1. The number of rotatable bonds is 35. The minimum atomic E-state index is -3.88. The number of ether oxygens (including phenoxy) is 2. The van der Waals surface area contributed by atoms with Crippen LogP contribution in [-0.2, 0) is 29.3 Å². The van der Waals surface area contributed by atoms with E-state index in [0.29, 0.717) is 26.0 Å². The lowest BCUT2D eigenvalue weighted by Gasteiger charge is -2.22. The van der Waals surface area contributed by atoms with E-state index in [1.807, 2.05) is 0 Å². The monoisotopic (exact) mass is 746 g/mol. The standard InChI is InChI=1S/C39H79N5O6S/c1-6-9-12-19-25-35-49-37(45)29-21-15-13-17-23-32-44(34-26-31-41-39(43(4)5)42-51(40,47)48)33-24-18-14-16-22-30-38(46)50-36(27-11-8-3)28-20-10-7-2/h36H,6-35H2,1-5H3,(H,41,42)(H2,40,47,48). The molecule has 0 fully saturated rings. The molecular formula is C39H79N5O6S. The number of unbranched alkanes of at least 4 members (excludes halogenated alkanes) is 15. The molecule has 0 spiro atoms. The molecule has 302 valence electrons. The number of aliphatic imine (C=N–C) groups is 1. The van der Waals surface area contributed by atoms with Crippen LogP contribution in [0.3, 0.4) is 0 Å². The number of nitrogens with zero attached hydrogens (tertiary/aromatic N) is 3. The van der Waals surface area contributed by atoms with Crippen molar-refractivity contribution in [2.45, 2.75) is 187 Å². The number of carbonyl (C=O) groups excluding carboxylic acids is 2. The smallest absolute Gasteiger partial charge is 0.306 e. The van der Waals surface area contributed by atoms with Crippen LogP contribution >= 0.6 is 0 Å². The number of guanidine groups is 1. The number of nitrogens with one attached hydrogen (secondary N) is 1. The van der Waals surface area contributed by atoms with Crippen molar-refractivity contribution in [3.05, 3.63) is 0 Å². The summed E-state index contributed by atoms with van der Waals surface area (Å²) in [4.78, 5) is 33.0. The van der Waals surface area contributed by atoms with E-state index < -0.39 is 10.2 Å². The Morgan fingerprint density at radius 3 is 1.73 bits per heavy atom. The van der Waals surface area contributed by atoms with Gasteiger partial charge in [-0.25, -0.2) is 9.86 Å². The molecule has 0 aliphatic rings. The van der Waals surface area contributed by atoms with E-state index in [1.54, 1.807) is 19.0 Å². The number of hydrogen-bond acceptors (Lipinski definition) is 8. The molecule has 0 aromatic rings. The van der Waals surface area contributed by atoms with Crippen LogP contribution in [0.15, 0.2) is 4.99 Å². The zero-order valence-electron chi connectivity index (χ0n) is 33.6. The summed E-state index contributed by atoms with van der Waals surface area (Å²) in [5, 5.41) is 5.15. The highest BCUT2D eigenvalue weighted by molar-refractivity contribution is 7.87. The van der Waals surface area contributed by atoms with Gasteiger partial charge in [-0.3, -0.25) is 14.6 Å². The predicted octanol–water partition coefficient (Wildman–Crippen LogP) is 8.27. The Labute approximate surface area is 313 Å². The fourth-order valence-electron chi connectivity index (χ4n) is 6.00. The molecule has 0 amide bonds. The SMILES string of the molecule is CCCCCCCOC(=O)CCCCCCCN(CCCCCCCC(=O)OC(CCCC)CCCCC)CCCN=C(NS(N)(=O)=O)N(C)C. The van der Waals surface area contributed by atoms with Gasteiger partial charge in [0.1, 0.15) is 6.10 Å². The molecule has 0 aliphatic carbocycles. The average Bonchev–Trinajstić information content (AvgIpc) is 3.08. The average molecular weight is 746 g/mol. The Kier molecular flexibility index (Phi) is 32.6. The lowest BCUT2D eigenvalue weighted by molar-refractivity contribution is -0.150. The lowest BCUT2D eigenvalue weighted by atomic mass is 10.1. The summed E-state index contributed by atoms with van der Waals surface area (Å²) in [6.45, 7) is 10.5. The van der Waals surface area contributed by atoms with Gasteiger partial charge in [0.25, 0.3) is 10.2 Å². The zero-order valence-corrected chi connectivity index (χ0v) is 34.4. The van der Waals surface area contributed by atoms with Gasteiger partial charge in [0, 0.05) is 33.5 Å². The summed E-state index contributed by atoms with van der Waals surface area (Å²) in [5.74, 6) is 0.132. The number of carbonyl (C=O) groups is 2. The summed E-state index contributed by atoms with van der Waals surface area (Å²) < 4.78 is 36.5. The minimum Gasteiger partial charge on any atom is -0.466 e. The minimum absolute atomic E-state index is 0.0359. The van der Waals surface area contributed by atoms with Crippen LogP contribution in [0.1, 0.15) is 181 Å². The molecule has 0 aromatic heterocycles. The van der Waals surface area contributed by atoms with Crippen LogP contribution in [-0.4, -0.2) is 89.1 Å². The highest BCUT2D eigenvalue weighted by Crippen LogP contribution is 2.16. The van der Waals surface area contributed by atoms with Gasteiger partial charge in [-0.2, -0.15) is 8.42 Å². The maximum absolute atomic E-state index is 12.5. The largest absolute Gasteiger partial charge is 0.466 e. The summed E-state index contributed by atoms with van der Waals surface area (Å²) in [7, 11) is -0.430. The highest BCUT2D eigenvalue weighted by atomic mass is 32.2. The molecule has 51 heavy (non-hydrogen) atoms. The van der Waals surface area contributed by atoms with Gasteiger partial charge >= 0.3 is 11.9 Å². The molecule has 0 aromatic carbocycles. The molecule has 11 nitrogen and oxygen atoms in total. The van der Waals surface area contributed by atoms with Crippen LogP contribution in [0.4, 0.5) is 0 Å². The Morgan fingerprint density at radius 2 is 1.14 bits per heavy atom. The van der Waals surface area contributed by atoms with Crippen LogP contribution in [0.25, 0.3) is 0 Å². The van der Waals surface area contributed by atoms with Crippen molar-refractivity contribution in [3.63, 3.8) is 0 Å². The van der Waals surface area contributed by atoms with Crippen molar-refractivity contribution in [1.82, 2.24) is 14.5 Å². The van der Waals surface area contributed by atoms with Crippen molar-refractivity contribution in [3.8, 4) is 0 Å². The molecule has 0 heterocycles. The highest BCUT2D eigenvalue weighted by Gasteiger charge is 2.14. The maximum atomic E-state index is 12.5. The third-order valence-corrected chi connectivity index (χ3v) is 9.55. The molecule has 0 bridgehead atoms. The molecule has 0 rings (SSSR count). The second-order valence-electron chi connectivity index (χ2n) is 14.4. The lowest BCUT2D eigenvalue weighted by Crippen LogP contribution is -2.43. The van der Waals surface area contributed by atoms with Gasteiger partial charge in [0.2, 0.25) is 5.96 Å². The van der Waals surface area contributed by atoms with Gasteiger partial charge in [0.15, 0.2) is 0 Å². The normalized spacial score (nSPS) is 12.6. The second kappa shape index (κ2) is 33.9. The van der Waals surface area contributed by atoms with Crippen LogP contribution in [0.2, 0.25) is 0 Å². The van der Waals surface area contributed by atoms with Gasteiger partial charge in [0.05, 0.1) is 6.61 Å². The summed E-state index contributed by atoms with van der Waals surface area (Å²) in [5.41, 5.74) is 0. The third-order valence-electron chi connectivity index (χ3n) is 9.08. The Balaban J connectivity index is 4.54. The zero-order chi connectivity index (χ0) is 38.0. The van der Waals surface area contributed by atoms with Crippen molar-refractivity contribution < 1.29 is 27.5 Å². The summed E-state index contributed by atoms with van der Waals surface area (Å²) in [6, 6.07) is 0. The Bertz CT molecular complexity index is 979. The summed E-state index contributed by atoms with van der Waals surface area (Å²) >= 11 is 0. The summed E-state index contributed by atoms with van der Waals surface area (Å²) in [6.07, 6.45) is 25.9. The van der Waals surface area contributed by atoms with Crippen molar-refractivity contribution in [2.24, 2.45) is 10.1 Å². The van der Waals surface area contributed by atoms with E-state index in [9.17, 15) is 18.0 Å². The van der Waals surface area contributed by atoms with E-state index in [4.69, 9.17) is 14.6 Å². The van der Waals surface area contributed by atoms with E-state index in [0.717, 1.165) is 135 Å². The molecule has 0 saturated carbocycles. The molecule has 0 aliphatic heterocycles. The van der Waals surface area contributed by atoms with Crippen molar-refractivity contribution in [2.75, 3.05) is 46.9 Å². The number of hydrogen-bond donors (Lipinski definition) is 2. The van der Waals surface area contributed by atoms with Gasteiger partial charge in [-0.15, -0.1) is 0 Å². The van der Waals surface area contributed by atoms with E-state index >= 15 is 0 Å². The second-order valence-corrected chi connectivity index (χ2v) is 15.7. The number of esters is 2. The molecule has 12 heteroatoms. The van der Waals surface area contributed by atoms with Crippen molar-refractivity contribution in [1.29, 1.82) is 0 Å². The Hall–Kier alpha value is -1.92. The van der Waals surface area contributed by atoms with Gasteiger partial charge < -0.3 is 19.3 Å². The first kappa shape index (κ1) is 49.1. The van der Waals surface area contributed by atoms with Crippen LogP contribution in [0, 0.1) is 0 Å². The van der Waals surface area contributed by atoms with Crippen LogP contribution < -0.4 is 9.86 Å². The first-order valence-electron chi connectivity index (χ1n) is 20.6. The maximum Gasteiger partial charge on any atom is 0.306 e. The van der Waals surface area contributed by atoms with E-state index in [2.05, 4.69) is 35.4 Å². The third kappa shape index (κ3) is 33.7. The first-order chi connectivity index (χ1) is 24.5. The molecule has 0 radical (unpaired) electrons. The fourth-order valence-corrected chi connectivity index (χ4v) is 6.50. The quantitative estimate of drug-likeness (QED) is 0.0286. The topological polar surface area (TPSA) is 144 Å². The molecular weight excluding hydrogens is 667 g/mol. The molecule has 1 unspecified atom stereocenters. The van der Waals surface area contributed by atoms with Gasteiger partial charge in [-0.05, 0) is 77.4 Å². The van der Waals surface area contributed by atoms with Crippen LogP contribution in [0.5, 0.6) is 0 Å². The fraction of sp³-hybridized carbons (Fsp3) is 0.923. The van der Waals surface area contributed by atoms with E-state index in [-0.39, 0.29) is 24.0 Å². The molecule has 3 N–H and O–H groups in total. The molecule has 1 atom stereocenters. The first-order valence-corrected chi connectivity index (χ1v) is 22.2. The Morgan fingerprint density at radius 1 is 0.647 bits per heavy atom. The van der Waals surface area contributed by atoms with E-state index in [1.165, 1.54) is 32.1 Å². The predicted molar refractivity (Wildman–Crippen MR) is 212 cm³/mol. The van der Waals surface area contributed by atoms with Gasteiger partial charge in [-0.1, -0.05) is 111 Å². The molecule has 0 saturated heterocycles.